The Morgan fingerprint density at radius 1 is 1.16 bits per heavy atom. The fraction of sp³-hybridized carbons (Fsp3) is 0.333. The maximum atomic E-state index is 12.5. The Morgan fingerprint density at radius 3 is 2.40 bits per heavy atom. The number of aliphatic hydroxyl groups is 1. The van der Waals surface area contributed by atoms with Crippen molar-refractivity contribution < 1.29 is 18.3 Å². The van der Waals surface area contributed by atoms with Crippen molar-refractivity contribution in [1.82, 2.24) is 4.31 Å². The van der Waals surface area contributed by atoms with Crippen molar-refractivity contribution in [3.8, 4) is 5.75 Å². The van der Waals surface area contributed by atoms with Crippen molar-refractivity contribution in [2.24, 2.45) is 0 Å². The van der Waals surface area contributed by atoms with E-state index in [1.165, 1.54) is 19.2 Å². The van der Waals surface area contributed by atoms with Gasteiger partial charge in [-0.15, -0.1) is 0 Å². The fourth-order valence-electron chi connectivity index (χ4n) is 2.38. The van der Waals surface area contributed by atoms with Crippen LogP contribution >= 0.6 is 15.9 Å². The minimum Gasteiger partial charge on any atom is -0.491 e. The van der Waals surface area contributed by atoms with Crippen molar-refractivity contribution in [2.75, 3.05) is 20.2 Å². The molecule has 2 aromatic rings. The number of likely N-dealkylation sites (N-methyl/N-ethyl adjacent to an activating group) is 1. The molecular formula is C18H22BrNO4S. The van der Waals surface area contributed by atoms with Gasteiger partial charge >= 0.3 is 0 Å². The average Bonchev–Trinajstić information content (AvgIpc) is 2.54. The fourth-order valence-corrected chi connectivity index (χ4v) is 3.85. The minimum absolute atomic E-state index is 0.0180. The summed E-state index contributed by atoms with van der Waals surface area (Å²) in [6.07, 6.45) is -0.934. The lowest BCUT2D eigenvalue weighted by atomic mass is 10.1. The van der Waals surface area contributed by atoms with E-state index in [0.29, 0.717) is 5.75 Å². The Hall–Kier alpha value is -1.41. The molecule has 0 fully saturated rings. The van der Waals surface area contributed by atoms with Crippen LogP contribution in [0, 0.1) is 13.8 Å². The molecule has 2 rings (SSSR count). The third-order valence-corrected chi connectivity index (χ3v) is 6.12. The number of halogens is 1. The predicted octanol–water partition coefficient (Wildman–Crippen LogP) is 3.13. The number of sulfonamides is 1. The highest BCUT2D eigenvalue weighted by atomic mass is 79.9. The van der Waals surface area contributed by atoms with Gasteiger partial charge in [0.2, 0.25) is 10.0 Å². The highest BCUT2D eigenvalue weighted by molar-refractivity contribution is 9.10. The Bertz CT molecular complexity index is 821. The number of benzene rings is 2. The molecule has 0 aromatic heterocycles. The molecule has 0 saturated carbocycles. The van der Waals surface area contributed by atoms with E-state index in [1.54, 1.807) is 12.1 Å². The van der Waals surface area contributed by atoms with Crippen LogP contribution in [0.15, 0.2) is 51.8 Å². The van der Waals surface area contributed by atoms with Gasteiger partial charge in [0.1, 0.15) is 18.5 Å². The van der Waals surface area contributed by atoms with Crippen molar-refractivity contribution in [2.45, 2.75) is 24.8 Å². The van der Waals surface area contributed by atoms with Crippen molar-refractivity contribution in [3.63, 3.8) is 0 Å². The van der Waals surface area contributed by atoms with Crippen molar-refractivity contribution in [1.29, 1.82) is 0 Å². The van der Waals surface area contributed by atoms with Crippen LogP contribution in [0.1, 0.15) is 11.1 Å². The largest absolute Gasteiger partial charge is 0.491 e. The molecular weight excluding hydrogens is 406 g/mol. The molecule has 5 nitrogen and oxygen atoms in total. The van der Waals surface area contributed by atoms with E-state index in [-0.39, 0.29) is 18.0 Å². The van der Waals surface area contributed by atoms with Gasteiger partial charge in [-0.05, 0) is 49.7 Å². The zero-order valence-corrected chi connectivity index (χ0v) is 16.8. The summed E-state index contributed by atoms with van der Waals surface area (Å²) in [6, 6.07) is 12.1. The van der Waals surface area contributed by atoms with E-state index in [4.69, 9.17) is 4.74 Å². The molecule has 1 unspecified atom stereocenters. The predicted molar refractivity (Wildman–Crippen MR) is 101 cm³/mol. The third-order valence-electron chi connectivity index (χ3n) is 3.75. The topological polar surface area (TPSA) is 66.8 Å². The molecule has 0 aliphatic carbocycles. The lowest BCUT2D eigenvalue weighted by molar-refractivity contribution is 0.0932. The molecule has 0 heterocycles. The first-order valence-electron chi connectivity index (χ1n) is 7.80. The van der Waals surface area contributed by atoms with Gasteiger partial charge in [-0.1, -0.05) is 33.6 Å². The summed E-state index contributed by atoms with van der Waals surface area (Å²) in [5.41, 5.74) is 2.11. The molecule has 2 aromatic carbocycles. The van der Waals surface area contributed by atoms with Gasteiger partial charge in [-0.2, -0.15) is 4.31 Å². The summed E-state index contributed by atoms with van der Waals surface area (Å²) in [4.78, 5) is 0.181. The highest BCUT2D eigenvalue weighted by Gasteiger charge is 2.23. The summed E-state index contributed by atoms with van der Waals surface area (Å²) >= 11 is 3.28. The van der Waals surface area contributed by atoms with Crippen LogP contribution in [-0.4, -0.2) is 44.1 Å². The van der Waals surface area contributed by atoms with E-state index >= 15 is 0 Å². The van der Waals surface area contributed by atoms with Gasteiger partial charge in [0.15, 0.2) is 0 Å². The molecule has 0 bridgehead atoms. The lowest BCUT2D eigenvalue weighted by Gasteiger charge is -2.21. The van der Waals surface area contributed by atoms with Crippen LogP contribution in [0.25, 0.3) is 0 Å². The quantitative estimate of drug-likeness (QED) is 0.736. The molecule has 136 valence electrons. The number of hydrogen-bond donors (Lipinski definition) is 1. The number of aliphatic hydroxyl groups excluding tert-OH is 1. The first-order chi connectivity index (χ1) is 11.7. The summed E-state index contributed by atoms with van der Waals surface area (Å²) < 4.78 is 32.6. The molecule has 7 heteroatoms. The number of ether oxygens (including phenoxy) is 1. The summed E-state index contributed by atoms with van der Waals surface area (Å²) in [5, 5.41) is 10.1. The van der Waals surface area contributed by atoms with E-state index in [9.17, 15) is 13.5 Å². The monoisotopic (exact) mass is 427 g/mol. The van der Waals surface area contributed by atoms with Gasteiger partial charge < -0.3 is 9.84 Å². The normalized spacial score (nSPS) is 13.0. The first kappa shape index (κ1) is 19.9. The molecule has 0 radical (unpaired) electrons. The molecule has 0 aliphatic rings. The Morgan fingerprint density at radius 2 is 1.80 bits per heavy atom. The van der Waals surface area contributed by atoms with E-state index < -0.39 is 16.1 Å². The molecule has 0 saturated heterocycles. The number of aryl methyl sites for hydroxylation is 2. The standard InChI is InChI=1S/C18H22BrNO4S/c1-13-4-9-18(14(2)10-13)24-12-16(21)11-20(3)25(22,23)17-7-5-15(19)6-8-17/h4-10,16,21H,11-12H2,1-3H3. The zero-order valence-electron chi connectivity index (χ0n) is 14.4. The molecule has 0 spiro atoms. The van der Waals surface area contributed by atoms with Gasteiger partial charge in [0.25, 0.3) is 0 Å². The highest BCUT2D eigenvalue weighted by Crippen LogP contribution is 2.20. The number of nitrogens with zero attached hydrogens (tertiary/aromatic N) is 1. The average molecular weight is 428 g/mol. The molecule has 1 N–H and O–H groups in total. The summed E-state index contributed by atoms with van der Waals surface area (Å²) in [7, 11) is -2.21. The Balaban J connectivity index is 1.97. The van der Waals surface area contributed by atoms with Crippen LogP contribution in [0.2, 0.25) is 0 Å². The second kappa shape index (κ2) is 8.31. The number of rotatable bonds is 7. The maximum Gasteiger partial charge on any atom is 0.242 e. The molecule has 1 atom stereocenters. The van der Waals surface area contributed by atoms with Gasteiger partial charge in [0.05, 0.1) is 4.90 Å². The first-order valence-corrected chi connectivity index (χ1v) is 10.0. The molecule has 0 amide bonds. The van der Waals surface area contributed by atoms with Crippen LogP contribution in [0.4, 0.5) is 0 Å². The maximum absolute atomic E-state index is 12.5. The molecule has 25 heavy (non-hydrogen) atoms. The van der Waals surface area contributed by atoms with Crippen LogP contribution in [0.5, 0.6) is 5.75 Å². The summed E-state index contributed by atoms with van der Waals surface area (Å²) in [6.45, 7) is 3.89. The van der Waals surface area contributed by atoms with Crippen molar-refractivity contribution >= 4 is 26.0 Å². The minimum atomic E-state index is -3.65. The lowest BCUT2D eigenvalue weighted by Crippen LogP contribution is -2.37. The van der Waals surface area contributed by atoms with Gasteiger partial charge in [-0.25, -0.2) is 8.42 Å². The zero-order chi connectivity index (χ0) is 18.6. The SMILES string of the molecule is Cc1ccc(OCC(O)CN(C)S(=O)(=O)c2ccc(Br)cc2)c(C)c1. The van der Waals surface area contributed by atoms with Crippen molar-refractivity contribution in [3.05, 3.63) is 58.1 Å². The number of hydrogen-bond acceptors (Lipinski definition) is 4. The summed E-state index contributed by atoms with van der Waals surface area (Å²) in [5.74, 6) is 0.683. The molecule has 0 aliphatic heterocycles. The van der Waals surface area contributed by atoms with E-state index in [1.807, 2.05) is 32.0 Å². The second-order valence-electron chi connectivity index (χ2n) is 5.97. The van der Waals surface area contributed by atoms with Gasteiger partial charge in [0, 0.05) is 18.1 Å². The van der Waals surface area contributed by atoms with Crippen LogP contribution in [-0.2, 0) is 10.0 Å². The van der Waals surface area contributed by atoms with Crippen LogP contribution < -0.4 is 4.74 Å². The Kier molecular flexibility index (Phi) is 6.62. The third kappa shape index (κ3) is 5.28. The van der Waals surface area contributed by atoms with Gasteiger partial charge in [-0.3, -0.25) is 0 Å². The van der Waals surface area contributed by atoms with Crippen LogP contribution in [0.3, 0.4) is 0 Å². The second-order valence-corrected chi connectivity index (χ2v) is 8.93. The Labute approximate surface area is 157 Å². The van der Waals surface area contributed by atoms with E-state index in [0.717, 1.165) is 19.9 Å². The van der Waals surface area contributed by atoms with E-state index in [2.05, 4.69) is 15.9 Å². The smallest absolute Gasteiger partial charge is 0.242 e.